The average Bonchev–Trinajstić information content (AvgIpc) is 3.04. The number of aryl methyl sites for hydroxylation is 2. The van der Waals surface area contributed by atoms with Crippen molar-refractivity contribution in [2.75, 3.05) is 0 Å². The molecule has 128 valence electrons. The third kappa shape index (κ3) is 3.36. The Hall–Kier alpha value is -2.43. The lowest BCUT2D eigenvalue weighted by Crippen LogP contribution is -2.18. The Bertz CT molecular complexity index is 890. The van der Waals surface area contributed by atoms with Crippen LogP contribution in [0.25, 0.3) is 5.57 Å². The van der Waals surface area contributed by atoms with Gasteiger partial charge in [0.25, 0.3) is 0 Å². The molecule has 0 N–H and O–H groups in total. The molecule has 0 unspecified atom stereocenters. The van der Waals surface area contributed by atoms with Crippen molar-refractivity contribution in [1.29, 1.82) is 0 Å². The lowest BCUT2D eigenvalue weighted by Gasteiger charge is -2.16. The van der Waals surface area contributed by atoms with E-state index in [1.807, 2.05) is 63.2 Å². The van der Waals surface area contributed by atoms with Crippen LogP contribution in [-0.4, -0.2) is 17.6 Å². The standard InChI is InChI=1S/C20H21BF2N2/c1-13-10-15(3)24-19(13)18(12-17-8-6-5-7-9-17)20-14(2)11-16(4)25(20)21(22)23/h5-11H,12H2,1-4H3/b19-18+. The molecule has 0 aliphatic carbocycles. The van der Waals surface area contributed by atoms with Gasteiger partial charge in [-0.3, -0.25) is 13.6 Å². The molecular weight excluding hydrogens is 317 g/mol. The number of allylic oxidation sites excluding steroid dienone is 3. The van der Waals surface area contributed by atoms with Gasteiger partial charge in [-0.25, -0.2) is 0 Å². The summed E-state index contributed by atoms with van der Waals surface area (Å²) in [4.78, 5) is 4.64. The van der Waals surface area contributed by atoms with E-state index in [1.165, 1.54) is 0 Å². The van der Waals surface area contributed by atoms with Gasteiger partial charge in [-0.05, 0) is 56.5 Å². The van der Waals surface area contributed by atoms with Crippen LogP contribution >= 0.6 is 0 Å². The van der Waals surface area contributed by atoms with E-state index in [0.29, 0.717) is 17.8 Å². The Balaban J connectivity index is 2.24. The van der Waals surface area contributed by atoms with Crippen molar-refractivity contribution in [2.45, 2.75) is 34.1 Å². The molecule has 0 atom stereocenters. The van der Waals surface area contributed by atoms with Crippen molar-refractivity contribution in [1.82, 2.24) is 4.48 Å². The summed E-state index contributed by atoms with van der Waals surface area (Å²) in [7, 11) is -2.58. The van der Waals surface area contributed by atoms with Crippen LogP contribution in [0.3, 0.4) is 0 Å². The molecule has 25 heavy (non-hydrogen) atoms. The van der Waals surface area contributed by atoms with Crippen molar-refractivity contribution in [3.63, 3.8) is 0 Å². The Morgan fingerprint density at radius 3 is 2.32 bits per heavy atom. The number of hydrogen-bond acceptors (Lipinski definition) is 1. The Labute approximate surface area is 147 Å². The van der Waals surface area contributed by atoms with Gasteiger partial charge < -0.3 is 4.48 Å². The highest BCUT2D eigenvalue weighted by atomic mass is 19.2. The van der Waals surface area contributed by atoms with Crippen LogP contribution in [0, 0.1) is 13.8 Å². The van der Waals surface area contributed by atoms with Gasteiger partial charge in [0, 0.05) is 29.1 Å². The minimum Gasteiger partial charge on any atom is -0.329 e. The normalized spacial score (nSPS) is 15.9. The predicted octanol–water partition coefficient (Wildman–Crippen LogP) is 5.25. The summed E-state index contributed by atoms with van der Waals surface area (Å²) in [5.41, 5.74) is 6.66. The van der Waals surface area contributed by atoms with Crippen LogP contribution in [0.4, 0.5) is 8.63 Å². The lowest BCUT2D eigenvalue weighted by atomic mass is 9.95. The SMILES string of the molecule is CC1=CC(C)=N/C1=C(\Cc1ccccc1)c1c(C)cc(C)n1B(F)F. The first-order chi connectivity index (χ1) is 11.9. The van der Waals surface area contributed by atoms with Gasteiger partial charge in [0.15, 0.2) is 0 Å². The summed E-state index contributed by atoms with van der Waals surface area (Å²) in [6, 6.07) is 11.7. The quantitative estimate of drug-likeness (QED) is 0.678. The Morgan fingerprint density at radius 2 is 1.76 bits per heavy atom. The van der Waals surface area contributed by atoms with Gasteiger partial charge >= 0.3 is 7.40 Å². The van der Waals surface area contributed by atoms with Gasteiger partial charge in [0.05, 0.1) is 5.70 Å². The first kappa shape index (κ1) is 17.4. The number of halogens is 2. The fourth-order valence-electron chi connectivity index (χ4n) is 3.52. The van der Waals surface area contributed by atoms with Crippen molar-refractivity contribution < 1.29 is 8.63 Å². The van der Waals surface area contributed by atoms with Crippen LogP contribution in [0.2, 0.25) is 0 Å². The van der Waals surface area contributed by atoms with Crippen molar-refractivity contribution in [2.24, 2.45) is 4.99 Å². The van der Waals surface area contributed by atoms with Crippen LogP contribution < -0.4 is 0 Å². The van der Waals surface area contributed by atoms with E-state index in [4.69, 9.17) is 0 Å². The summed E-state index contributed by atoms with van der Waals surface area (Å²) >= 11 is 0. The molecular formula is C20H21BF2N2. The zero-order valence-corrected chi connectivity index (χ0v) is 15.0. The van der Waals surface area contributed by atoms with Crippen LogP contribution in [-0.2, 0) is 6.42 Å². The molecule has 0 bridgehead atoms. The largest absolute Gasteiger partial charge is 0.677 e. The second kappa shape index (κ2) is 6.83. The topological polar surface area (TPSA) is 17.3 Å². The van der Waals surface area contributed by atoms with E-state index in [9.17, 15) is 8.63 Å². The van der Waals surface area contributed by atoms with E-state index in [0.717, 1.165) is 38.2 Å². The molecule has 0 spiro atoms. The summed E-state index contributed by atoms with van der Waals surface area (Å²) < 4.78 is 28.6. The van der Waals surface area contributed by atoms with Crippen molar-refractivity contribution in [3.8, 4) is 0 Å². The predicted molar refractivity (Wildman–Crippen MR) is 101 cm³/mol. The van der Waals surface area contributed by atoms with Crippen LogP contribution in [0.5, 0.6) is 0 Å². The number of hydrogen-bond donors (Lipinski definition) is 0. The molecule has 0 radical (unpaired) electrons. The Kier molecular flexibility index (Phi) is 4.75. The molecule has 2 nitrogen and oxygen atoms in total. The summed E-state index contributed by atoms with van der Waals surface area (Å²) in [5.74, 6) is 0. The minimum absolute atomic E-state index is 0.564. The fraction of sp³-hybridized carbons (Fsp3) is 0.250. The molecule has 0 saturated heterocycles. The average molecular weight is 338 g/mol. The lowest BCUT2D eigenvalue weighted by molar-refractivity contribution is 0.623. The van der Waals surface area contributed by atoms with Crippen LogP contribution in [0.15, 0.2) is 58.7 Å². The summed E-state index contributed by atoms with van der Waals surface area (Å²) in [5, 5.41) is 0. The molecule has 1 aromatic carbocycles. The summed E-state index contributed by atoms with van der Waals surface area (Å²) in [6.45, 7) is 7.52. The fourth-order valence-corrected chi connectivity index (χ4v) is 3.52. The van der Waals surface area contributed by atoms with Crippen molar-refractivity contribution >= 4 is 18.7 Å². The first-order valence-corrected chi connectivity index (χ1v) is 8.36. The van der Waals surface area contributed by atoms with E-state index >= 15 is 0 Å². The zero-order valence-electron chi connectivity index (χ0n) is 15.0. The number of benzene rings is 1. The molecule has 3 rings (SSSR count). The van der Waals surface area contributed by atoms with Gasteiger partial charge in [0.1, 0.15) is 0 Å². The van der Waals surface area contributed by atoms with Crippen molar-refractivity contribution in [3.05, 3.63) is 76.3 Å². The van der Waals surface area contributed by atoms with E-state index < -0.39 is 7.40 Å². The zero-order chi connectivity index (χ0) is 18.1. The third-order valence-corrected chi connectivity index (χ3v) is 4.50. The van der Waals surface area contributed by atoms with Gasteiger partial charge in [-0.15, -0.1) is 0 Å². The van der Waals surface area contributed by atoms with E-state index in [1.54, 1.807) is 6.92 Å². The number of nitrogens with zero attached hydrogens (tertiary/aromatic N) is 2. The first-order valence-electron chi connectivity index (χ1n) is 8.36. The minimum atomic E-state index is -2.58. The highest BCUT2D eigenvalue weighted by Gasteiger charge is 2.28. The maximum absolute atomic E-state index is 13.8. The third-order valence-electron chi connectivity index (χ3n) is 4.50. The van der Waals surface area contributed by atoms with Gasteiger partial charge in [-0.2, -0.15) is 0 Å². The molecule has 0 saturated carbocycles. The number of aromatic nitrogens is 1. The highest BCUT2D eigenvalue weighted by Crippen LogP contribution is 2.34. The molecule has 5 heteroatoms. The van der Waals surface area contributed by atoms with Gasteiger partial charge in [-0.1, -0.05) is 30.3 Å². The molecule has 1 aromatic heterocycles. The second-order valence-corrected chi connectivity index (χ2v) is 6.54. The number of aliphatic imine (C=N–C) groups is 1. The molecule has 1 aliphatic heterocycles. The monoisotopic (exact) mass is 338 g/mol. The molecule has 2 aromatic rings. The van der Waals surface area contributed by atoms with E-state index in [2.05, 4.69) is 4.99 Å². The summed E-state index contributed by atoms with van der Waals surface area (Å²) in [6.07, 6.45) is 2.56. The van der Waals surface area contributed by atoms with Gasteiger partial charge in [0.2, 0.25) is 0 Å². The smallest absolute Gasteiger partial charge is 0.329 e. The van der Waals surface area contributed by atoms with Crippen LogP contribution in [0.1, 0.15) is 36.4 Å². The highest BCUT2D eigenvalue weighted by molar-refractivity contribution is 6.41. The van der Waals surface area contributed by atoms with E-state index in [-0.39, 0.29) is 0 Å². The maximum atomic E-state index is 13.8. The number of rotatable bonds is 4. The maximum Gasteiger partial charge on any atom is 0.677 e. The molecule has 2 heterocycles. The molecule has 0 fully saturated rings. The molecule has 1 aliphatic rings. The Morgan fingerprint density at radius 1 is 1.08 bits per heavy atom. The molecule has 0 amide bonds. The second-order valence-electron chi connectivity index (χ2n) is 6.54.